The Labute approximate surface area is 213 Å². The van der Waals surface area contributed by atoms with E-state index in [-0.39, 0.29) is 5.91 Å². The fourth-order valence-corrected chi connectivity index (χ4v) is 5.50. The lowest BCUT2D eigenvalue weighted by Crippen LogP contribution is -2.42. The average Bonchev–Trinajstić information content (AvgIpc) is 2.96. The van der Waals surface area contributed by atoms with Crippen molar-refractivity contribution < 1.29 is 19.0 Å². The molecular weight excluding hydrogens is 458 g/mol. The van der Waals surface area contributed by atoms with Crippen LogP contribution in [-0.4, -0.2) is 80.9 Å². The molecule has 3 heterocycles. The smallest absolute Gasteiger partial charge is 0.254 e. The van der Waals surface area contributed by atoms with Gasteiger partial charge in [-0.25, -0.2) is 4.98 Å². The van der Waals surface area contributed by atoms with Gasteiger partial charge in [-0.15, -0.1) is 0 Å². The third-order valence-corrected chi connectivity index (χ3v) is 7.66. The molecule has 3 aliphatic rings. The van der Waals surface area contributed by atoms with Crippen LogP contribution >= 0.6 is 0 Å². The van der Waals surface area contributed by atoms with E-state index in [2.05, 4.69) is 16.8 Å². The van der Waals surface area contributed by atoms with Gasteiger partial charge in [0.25, 0.3) is 5.91 Å². The molecule has 0 spiro atoms. The summed E-state index contributed by atoms with van der Waals surface area (Å²) in [7, 11) is 5.32. The Morgan fingerprint density at radius 3 is 2.36 bits per heavy atom. The van der Waals surface area contributed by atoms with E-state index < -0.39 is 0 Å². The molecule has 5 rings (SSSR count). The first kappa shape index (κ1) is 24.6. The molecule has 2 fully saturated rings. The highest BCUT2D eigenvalue weighted by molar-refractivity contribution is 5.95. The number of aromatic nitrogens is 2. The number of hydrogen-bond donors (Lipinski definition) is 0. The number of rotatable bonds is 6. The number of hydrogen-bond acceptors (Lipinski definition) is 8. The molecule has 0 N–H and O–H groups in total. The van der Waals surface area contributed by atoms with Gasteiger partial charge in [-0.2, -0.15) is 4.98 Å². The number of carbonyl (C=O) groups is 1. The number of ether oxygens (including phenoxy) is 3. The SMILES string of the molecule is COc1cc(OC)cc(C(=O)N2CCc3nc(N(C)C4CCCCC4)nc(N4CCOCC4)c3C2)c1. The summed E-state index contributed by atoms with van der Waals surface area (Å²) in [5.41, 5.74) is 2.65. The zero-order valence-electron chi connectivity index (χ0n) is 21.7. The molecule has 36 heavy (non-hydrogen) atoms. The lowest BCUT2D eigenvalue weighted by molar-refractivity contribution is 0.0732. The summed E-state index contributed by atoms with van der Waals surface area (Å²) in [5.74, 6) is 2.90. The van der Waals surface area contributed by atoms with E-state index >= 15 is 0 Å². The van der Waals surface area contributed by atoms with E-state index in [4.69, 9.17) is 24.2 Å². The number of carbonyl (C=O) groups excluding carboxylic acids is 1. The van der Waals surface area contributed by atoms with E-state index in [0.29, 0.717) is 55.8 Å². The molecule has 1 aromatic carbocycles. The summed E-state index contributed by atoms with van der Waals surface area (Å²) in [6.45, 7) is 4.02. The molecule has 1 saturated heterocycles. The lowest BCUT2D eigenvalue weighted by Gasteiger charge is -2.37. The quantitative estimate of drug-likeness (QED) is 0.604. The van der Waals surface area contributed by atoms with Crippen molar-refractivity contribution in [3.63, 3.8) is 0 Å². The van der Waals surface area contributed by atoms with Crippen LogP contribution in [0.4, 0.5) is 11.8 Å². The summed E-state index contributed by atoms with van der Waals surface area (Å²) in [6.07, 6.45) is 6.93. The van der Waals surface area contributed by atoms with Gasteiger partial charge in [-0.3, -0.25) is 4.79 Å². The van der Waals surface area contributed by atoms with Crippen molar-refractivity contribution in [2.45, 2.75) is 51.1 Å². The summed E-state index contributed by atoms with van der Waals surface area (Å²) in [6, 6.07) is 5.79. The average molecular weight is 496 g/mol. The van der Waals surface area contributed by atoms with Crippen LogP contribution in [0.25, 0.3) is 0 Å². The zero-order valence-corrected chi connectivity index (χ0v) is 21.7. The van der Waals surface area contributed by atoms with Crippen molar-refractivity contribution in [2.75, 3.05) is 63.9 Å². The second kappa shape index (κ2) is 10.9. The van der Waals surface area contributed by atoms with Gasteiger partial charge in [0, 0.05) is 56.3 Å². The number of anilines is 2. The van der Waals surface area contributed by atoms with Gasteiger partial charge in [0.1, 0.15) is 17.3 Å². The number of nitrogens with zero attached hydrogens (tertiary/aromatic N) is 5. The van der Waals surface area contributed by atoms with E-state index in [0.717, 1.165) is 36.1 Å². The van der Waals surface area contributed by atoms with Crippen LogP contribution in [-0.2, 0) is 17.7 Å². The van der Waals surface area contributed by atoms with Gasteiger partial charge in [0.15, 0.2) is 0 Å². The van der Waals surface area contributed by atoms with Crippen LogP contribution in [0.2, 0.25) is 0 Å². The first-order valence-electron chi connectivity index (χ1n) is 13.0. The minimum atomic E-state index is -0.0471. The van der Waals surface area contributed by atoms with Crippen molar-refractivity contribution in [1.29, 1.82) is 0 Å². The summed E-state index contributed by atoms with van der Waals surface area (Å²) < 4.78 is 16.4. The van der Waals surface area contributed by atoms with Gasteiger partial charge in [0.05, 0.1) is 39.7 Å². The predicted molar refractivity (Wildman–Crippen MR) is 138 cm³/mol. The first-order valence-corrected chi connectivity index (χ1v) is 13.0. The van der Waals surface area contributed by atoms with Gasteiger partial charge in [-0.05, 0) is 25.0 Å². The fraction of sp³-hybridized carbons (Fsp3) is 0.593. The maximum Gasteiger partial charge on any atom is 0.254 e. The Bertz CT molecular complexity index is 1060. The van der Waals surface area contributed by atoms with Crippen LogP contribution in [0.1, 0.15) is 53.7 Å². The minimum Gasteiger partial charge on any atom is -0.497 e. The lowest BCUT2D eigenvalue weighted by atomic mass is 9.95. The van der Waals surface area contributed by atoms with Gasteiger partial charge < -0.3 is 28.9 Å². The molecule has 194 valence electrons. The minimum absolute atomic E-state index is 0.0471. The van der Waals surface area contributed by atoms with Gasteiger partial charge >= 0.3 is 0 Å². The third-order valence-electron chi connectivity index (χ3n) is 7.66. The monoisotopic (exact) mass is 495 g/mol. The largest absolute Gasteiger partial charge is 0.497 e. The van der Waals surface area contributed by atoms with Crippen LogP contribution in [0.15, 0.2) is 18.2 Å². The van der Waals surface area contributed by atoms with Crippen LogP contribution in [0.5, 0.6) is 11.5 Å². The number of fused-ring (bicyclic) bond motifs is 1. The Kier molecular flexibility index (Phi) is 7.46. The maximum atomic E-state index is 13.5. The van der Waals surface area contributed by atoms with Crippen LogP contribution in [0, 0.1) is 0 Å². The van der Waals surface area contributed by atoms with Gasteiger partial charge in [0.2, 0.25) is 5.95 Å². The first-order chi connectivity index (χ1) is 17.6. The molecule has 2 aromatic rings. The van der Waals surface area contributed by atoms with Crippen LogP contribution < -0.4 is 19.3 Å². The van der Waals surface area contributed by atoms with Crippen molar-refractivity contribution in [2.24, 2.45) is 0 Å². The molecule has 9 heteroatoms. The number of morpholine rings is 1. The van der Waals surface area contributed by atoms with Gasteiger partial charge in [-0.1, -0.05) is 19.3 Å². The molecule has 1 aliphatic carbocycles. The molecular formula is C27H37N5O4. The van der Waals surface area contributed by atoms with Crippen molar-refractivity contribution >= 4 is 17.7 Å². The number of benzene rings is 1. The summed E-state index contributed by atoms with van der Waals surface area (Å²) in [4.78, 5) is 30.2. The van der Waals surface area contributed by atoms with E-state index in [9.17, 15) is 4.79 Å². The van der Waals surface area contributed by atoms with Crippen molar-refractivity contribution in [1.82, 2.24) is 14.9 Å². The third kappa shape index (κ3) is 5.07. The molecule has 1 aromatic heterocycles. The number of amides is 1. The van der Waals surface area contributed by atoms with Crippen molar-refractivity contribution in [3.8, 4) is 11.5 Å². The topological polar surface area (TPSA) is 80.3 Å². The van der Waals surface area contributed by atoms with Crippen LogP contribution in [0.3, 0.4) is 0 Å². The molecule has 9 nitrogen and oxygen atoms in total. The van der Waals surface area contributed by atoms with E-state index in [1.54, 1.807) is 32.4 Å². The second-order valence-corrected chi connectivity index (χ2v) is 9.85. The maximum absolute atomic E-state index is 13.5. The number of methoxy groups -OCH3 is 2. The predicted octanol–water partition coefficient (Wildman–Crippen LogP) is 3.30. The Balaban J connectivity index is 1.45. The Hall–Kier alpha value is -3.07. The van der Waals surface area contributed by atoms with E-state index in [1.165, 1.54) is 32.1 Å². The molecule has 1 saturated carbocycles. The summed E-state index contributed by atoms with van der Waals surface area (Å²) >= 11 is 0. The second-order valence-electron chi connectivity index (χ2n) is 9.85. The standard InChI is InChI=1S/C27H37N5O4/c1-30(20-7-5-4-6-8-20)27-28-24-9-10-32(18-23(24)25(29-27)31-11-13-36-14-12-31)26(33)19-15-21(34-2)17-22(16-19)35-3/h15-17,20H,4-14,18H2,1-3H3. The molecule has 0 unspecified atom stereocenters. The molecule has 1 amide bonds. The Morgan fingerprint density at radius 1 is 1.00 bits per heavy atom. The highest BCUT2D eigenvalue weighted by Crippen LogP contribution is 2.33. The molecule has 0 radical (unpaired) electrons. The summed E-state index contributed by atoms with van der Waals surface area (Å²) in [5, 5.41) is 0. The normalized spacial score (nSPS) is 18.5. The molecule has 0 bridgehead atoms. The van der Waals surface area contributed by atoms with Crippen molar-refractivity contribution in [3.05, 3.63) is 35.0 Å². The fourth-order valence-electron chi connectivity index (χ4n) is 5.50. The Morgan fingerprint density at radius 2 is 1.69 bits per heavy atom. The highest BCUT2D eigenvalue weighted by Gasteiger charge is 2.31. The zero-order chi connectivity index (χ0) is 25.1. The van der Waals surface area contributed by atoms with E-state index in [1.807, 2.05) is 4.90 Å². The molecule has 2 aliphatic heterocycles. The highest BCUT2D eigenvalue weighted by atomic mass is 16.5. The molecule has 0 atom stereocenters.